The minimum atomic E-state index is -0.0341. The van der Waals surface area contributed by atoms with E-state index in [1.54, 1.807) is 30.3 Å². The van der Waals surface area contributed by atoms with E-state index in [-0.39, 0.29) is 17.7 Å². The lowest BCUT2D eigenvalue weighted by atomic mass is 9.82. The zero-order valence-corrected chi connectivity index (χ0v) is 14.9. The minimum Gasteiger partial charge on any atom is -0.375 e. The largest absolute Gasteiger partial charge is 0.375 e. The van der Waals surface area contributed by atoms with Crippen molar-refractivity contribution in [3.8, 4) is 0 Å². The molecule has 128 valence electrons. The number of hydrogen-bond acceptors (Lipinski definition) is 4. The van der Waals surface area contributed by atoms with Gasteiger partial charge in [-0.1, -0.05) is 0 Å². The number of nitrogens with zero attached hydrogens (tertiary/aromatic N) is 2. The van der Waals surface area contributed by atoms with Crippen molar-refractivity contribution in [2.75, 3.05) is 33.8 Å². The highest BCUT2D eigenvalue weighted by molar-refractivity contribution is 7.07. The maximum atomic E-state index is 11.9. The van der Waals surface area contributed by atoms with Gasteiger partial charge in [-0.05, 0) is 48.1 Å². The van der Waals surface area contributed by atoms with Gasteiger partial charge in [0.2, 0.25) is 0 Å². The van der Waals surface area contributed by atoms with E-state index in [0.717, 1.165) is 51.9 Å². The van der Waals surface area contributed by atoms with Gasteiger partial charge in [0.1, 0.15) is 0 Å². The molecule has 0 radical (unpaired) electrons. The molecule has 3 heterocycles. The second-order valence-electron chi connectivity index (χ2n) is 6.97. The summed E-state index contributed by atoms with van der Waals surface area (Å²) in [4.78, 5) is 16.0. The third-order valence-corrected chi connectivity index (χ3v) is 5.71. The average Bonchev–Trinajstić information content (AvgIpc) is 3.03. The highest BCUT2D eigenvalue weighted by atomic mass is 32.1. The van der Waals surface area contributed by atoms with Gasteiger partial charge in [0.05, 0.1) is 5.60 Å². The van der Waals surface area contributed by atoms with E-state index in [1.807, 2.05) is 0 Å². The molecule has 1 spiro atoms. The van der Waals surface area contributed by atoms with Crippen molar-refractivity contribution in [2.24, 2.45) is 0 Å². The van der Waals surface area contributed by atoms with E-state index < -0.39 is 0 Å². The lowest BCUT2D eigenvalue weighted by Crippen LogP contribution is -2.54. The van der Waals surface area contributed by atoms with Gasteiger partial charge < -0.3 is 15.0 Å². The third kappa shape index (κ3) is 4.25. The molecule has 0 aliphatic carbocycles. The van der Waals surface area contributed by atoms with Crippen LogP contribution in [0.15, 0.2) is 16.8 Å². The van der Waals surface area contributed by atoms with Crippen LogP contribution in [-0.4, -0.2) is 61.3 Å². The van der Waals surface area contributed by atoms with Crippen molar-refractivity contribution < 1.29 is 9.53 Å². The Hall–Kier alpha value is -1.11. The molecule has 1 aromatic rings. The molecule has 0 bridgehead atoms. The zero-order valence-electron chi connectivity index (χ0n) is 14.1. The van der Waals surface area contributed by atoms with Crippen LogP contribution in [0.4, 0.5) is 4.79 Å². The van der Waals surface area contributed by atoms with Gasteiger partial charge in [-0.25, -0.2) is 4.79 Å². The Kier molecular flexibility index (Phi) is 5.24. The summed E-state index contributed by atoms with van der Waals surface area (Å²) in [6, 6.07) is 2.45. The molecule has 0 unspecified atom stereocenters. The van der Waals surface area contributed by atoms with Crippen molar-refractivity contribution in [1.29, 1.82) is 0 Å². The van der Waals surface area contributed by atoms with E-state index in [1.165, 1.54) is 5.56 Å². The Morgan fingerprint density at radius 3 is 2.91 bits per heavy atom. The number of thiophene rings is 1. The molecule has 2 aliphatic rings. The summed E-state index contributed by atoms with van der Waals surface area (Å²) in [7, 11) is 3.57. The number of piperidine rings is 1. The Balaban J connectivity index is 1.51. The molecule has 1 aromatic heterocycles. The molecule has 5 nitrogen and oxygen atoms in total. The quantitative estimate of drug-likeness (QED) is 0.922. The highest BCUT2D eigenvalue weighted by Crippen LogP contribution is 2.35. The SMILES string of the molecule is CN(C)C(=O)N[C@H]1CCOC2(CCN(Cc3ccsc3)CC2)C1. The number of ether oxygens (including phenoxy) is 1. The molecular formula is C17H27N3O2S. The van der Waals surface area contributed by atoms with Crippen LogP contribution in [0.25, 0.3) is 0 Å². The molecule has 2 fully saturated rings. The van der Waals surface area contributed by atoms with Crippen LogP contribution in [0, 0.1) is 0 Å². The van der Waals surface area contributed by atoms with E-state index in [2.05, 4.69) is 27.0 Å². The van der Waals surface area contributed by atoms with Crippen LogP contribution in [0.1, 0.15) is 31.2 Å². The van der Waals surface area contributed by atoms with Crippen LogP contribution in [0.5, 0.6) is 0 Å². The van der Waals surface area contributed by atoms with Crippen molar-refractivity contribution in [3.05, 3.63) is 22.4 Å². The van der Waals surface area contributed by atoms with Gasteiger partial charge in [-0.15, -0.1) is 0 Å². The number of amides is 2. The fourth-order valence-corrected chi connectivity index (χ4v) is 4.22. The van der Waals surface area contributed by atoms with Gasteiger partial charge in [-0.3, -0.25) is 4.90 Å². The number of nitrogens with one attached hydrogen (secondary N) is 1. The fraction of sp³-hybridized carbons (Fsp3) is 0.706. The molecule has 2 aliphatic heterocycles. The van der Waals surface area contributed by atoms with Crippen molar-refractivity contribution in [2.45, 2.75) is 43.9 Å². The summed E-state index contributed by atoms with van der Waals surface area (Å²) >= 11 is 1.76. The first-order valence-electron chi connectivity index (χ1n) is 8.42. The number of carbonyl (C=O) groups excluding carboxylic acids is 1. The standard InChI is InChI=1S/C17H27N3O2S/c1-19(2)16(21)18-15-3-9-22-17(11-15)5-7-20(8-6-17)12-14-4-10-23-13-14/h4,10,13,15H,3,5-9,11-12H2,1-2H3,(H,18,21)/t15-/m0/s1. The first kappa shape index (κ1) is 16.7. The summed E-state index contributed by atoms with van der Waals surface area (Å²) < 4.78 is 6.17. The fourth-order valence-electron chi connectivity index (χ4n) is 3.56. The maximum absolute atomic E-state index is 11.9. The average molecular weight is 337 g/mol. The molecule has 1 N–H and O–H groups in total. The van der Waals surface area contributed by atoms with Crippen LogP contribution in [-0.2, 0) is 11.3 Å². The van der Waals surface area contributed by atoms with Gasteiger partial charge in [0, 0.05) is 46.4 Å². The molecule has 0 aromatic carbocycles. The number of urea groups is 1. The molecule has 2 saturated heterocycles. The predicted octanol–water partition coefficient (Wildman–Crippen LogP) is 2.53. The lowest BCUT2D eigenvalue weighted by molar-refractivity contribution is -0.119. The molecule has 1 atom stereocenters. The minimum absolute atomic E-state index is 0.00180. The van der Waals surface area contributed by atoms with E-state index >= 15 is 0 Å². The maximum Gasteiger partial charge on any atom is 0.317 e. The Bertz CT molecular complexity index is 510. The van der Waals surface area contributed by atoms with Crippen molar-refractivity contribution in [3.63, 3.8) is 0 Å². The summed E-state index contributed by atoms with van der Waals surface area (Å²) in [6.45, 7) is 3.94. The van der Waals surface area contributed by atoms with Gasteiger partial charge >= 0.3 is 6.03 Å². The molecular weight excluding hydrogens is 310 g/mol. The van der Waals surface area contributed by atoms with Gasteiger partial charge in [0.25, 0.3) is 0 Å². The Labute approximate surface area is 142 Å². The van der Waals surface area contributed by atoms with Crippen LogP contribution >= 0.6 is 11.3 Å². The van der Waals surface area contributed by atoms with E-state index in [9.17, 15) is 4.79 Å². The van der Waals surface area contributed by atoms with Crippen molar-refractivity contribution >= 4 is 17.4 Å². The topological polar surface area (TPSA) is 44.8 Å². The zero-order chi connectivity index (χ0) is 16.3. The van der Waals surface area contributed by atoms with Crippen LogP contribution in [0.3, 0.4) is 0 Å². The summed E-state index contributed by atoms with van der Waals surface area (Å²) in [5, 5.41) is 7.50. The van der Waals surface area contributed by atoms with E-state index in [0.29, 0.717) is 0 Å². The predicted molar refractivity (Wildman–Crippen MR) is 92.8 cm³/mol. The number of hydrogen-bond donors (Lipinski definition) is 1. The molecule has 2 amide bonds. The lowest BCUT2D eigenvalue weighted by Gasteiger charge is -2.46. The summed E-state index contributed by atoms with van der Waals surface area (Å²) in [5.41, 5.74) is 1.37. The van der Waals surface area contributed by atoms with Crippen molar-refractivity contribution in [1.82, 2.24) is 15.1 Å². The first-order valence-corrected chi connectivity index (χ1v) is 9.36. The Morgan fingerprint density at radius 1 is 1.48 bits per heavy atom. The summed E-state index contributed by atoms with van der Waals surface area (Å²) in [5.74, 6) is 0. The van der Waals surface area contributed by atoms with Gasteiger partial charge in [-0.2, -0.15) is 11.3 Å². The molecule has 0 saturated carbocycles. The molecule has 3 rings (SSSR count). The second-order valence-corrected chi connectivity index (χ2v) is 7.75. The molecule has 6 heteroatoms. The Morgan fingerprint density at radius 2 is 2.26 bits per heavy atom. The van der Waals surface area contributed by atoms with E-state index in [4.69, 9.17) is 4.74 Å². The van der Waals surface area contributed by atoms with Gasteiger partial charge in [0.15, 0.2) is 0 Å². The summed E-state index contributed by atoms with van der Waals surface area (Å²) in [6.07, 6.45) is 3.98. The second kappa shape index (κ2) is 7.20. The first-order chi connectivity index (χ1) is 11.1. The van der Waals surface area contributed by atoms with Crippen LogP contribution < -0.4 is 5.32 Å². The third-order valence-electron chi connectivity index (χ3n) is 4.98. The smallest absolute Gasteiger partial charge is 0.317 e. The monoisotopic (exact) mass is 337 g/mol. The molecule has 23 heavy (non-hydrogen) atoms. The number of likely N-dealkylation sites (tertiary alicyclic amines) is 1. The highest BCUT2D eigenvalue weighted by Gasteiger charge is 2.40. The number of rotatable bonds is 3. The normalized spacial score (nSPS) is 24.5. The van der Waals surface area contributed by atoms with Crippen LogP contribution in [0.2, 0.25) is 0 Å². The number of carbonyl (C=O) groups is 1.